The molecule has 3 rings (SSSR count). The van der Waals surface area contributed by atoms with Crippen LogP contribution in [-0.4, -0.2) is 16.5 Å². The fraction of sp³-hybridized carbons (Fsp3) is 0.167. The van der Waals surface area contributed by atoms with E-state index in [0.29, 0.717) is 0 Å². The van der Waals surface area contributed by atoms with Crippen LogP contribution in [0.4, 0.5) is 4.79 Å². The molecule has 1 aliphatic heterocycles. The number of nitrogens with one attached hydrogen (secondary N) is 2. The molecule has 1 aromatic carbocycles. The van der Waals surface area contributed by atoms with Gasteiger partial charge in [-0.25, -0.2) is 4.79 Å². The summed E-state index contributed by atoms with van der Waals surface area (Å²) in [5.41, 5.74) is 1.86. The summed E-state index contributed by atoms with van der Waals surface area (Å²) in [6.45, 7) is 0. The zero-order valence-electron chi connectivity index (χ0n) is 9.23. The third kappa shape index (κ3) is 1.39. The summed E-state index contributed by atoms with van der Waals surface area (Å²) in [6.07, 6.45) is 1.88. The molecule has 0 saturated carbocycles. The van der Waals surface area contributed by atoms with Crippen LogP contribution in [0.3, 0.4) is 0 Å². The van der Waals surface area contributed by atoms with Crippen molar-refractivity contribution in [2.75, 3.05) is 0 Å². The maximum atomic E-state index is 11.6. The molecule has 5 heteroatoms. The highest BCUT2D eigenvalue weighted by Crippen LogP contribution is 2.27. The highest BCUT2D eigenvalue weighted by molar-refractivity contribution is 6.06. The molecule has 0 spiro atoms. The minimum atomic E-state index is -0.589. The summed E-state index contributed by atoms with van der Waals surface area (Å²) < 4.78 is 1.95. The van der Waals surface area contributed by atoms with Crippen molar-refractivity contribution in [3.8, 4) is 0 Å². The minimum Gasteiger partial charge on any atom is -0.350 e. The molecule has 1 fully saturated rings. The normalized spacial score (nSPS) is 19.5. The number of hydrogen-bond acceptors (Lipinski definition) is 2. The third-order valence-corrected chi connectivity index (χ3v) is 3.01. The van der Waals surface area contributed by atoms with Crippen LogP contribution in [0, 0.1) is 0 Å². The molecule has 2 N–H and O–H groups in total. The number of hydrogen-bond donors (Lipinski definition) is 2. The molecule has 2 heterocycles. The Balaban J connectivity index is 2.18. The Bertz CT molecular complexity index is 630. The Hall–Kier alpha value is -2.30. The van der Waals surface area contributed by atoms with Crippen molar-refractivity contribution >= 4 is 22.8 Å². The zero-order valence-corrected chi connectivity index (χ0v) is 9.23. The second-order valence-corrected chi connectivity index (χ2v) is 4.11. The lowest BCUT2D eigenvalue weighted by molar-refractivity contribution is -0.120. The number of amides is 3. The monoisotopic (exact) mass is 229 g/mol. The van der Waals surface area contributed by atoms with Gasteiger partial charge in [0.15, 0.2) is 0 Å². The summed E-state index contributed by atoms with van der Waals surface area (Å²) in [4.78, 5) is 22.8. The van der Waals surface area contributed by atoms with Crippen LogP contribution in [0.1, 0.15) is 11.6 Å². The van der Waals surface area contributed by atoms with Gasteiger partial charge in [0.1, 0.15) is 6.04 Å². The number of fused-ring (bicyclic) bond motifs is 1. The second kappa shape index (κ2) is 3.35. The molecule has 1 atom stereocenters. The molecule has 0 aliphatic carbocycles. The standard InChI is InChI=1S/C12H11N3O2/c1-15-6-8(7-4-2-3-5-9(7)15)10-11(16)14-12(17)13-10/h2-6,10H,1H3,(H2,13,14,16,17)/t10-/m0/s1. The van der Waals surface area contributed by atoms with E-state index >= 15 is 0 Å². The largest absolute Gasteiger partial charge is 0.350 e. The van der Waals surface area contributed by atoms with Gasteiger partial charge in [0.25, 0.3) is 5.91 Å². The highest BCUT2D eigenvalue weighted by Gasteiger charge is 2.32. The van der Waals surface area contributed by atoms with Crippen LogP contribution in [0.25, 0.3) is 10.9 Å². The molecule has 1 saturated heterocycles. The number of nitrogens with zero attached hydrogens (tertiary/aromatic N) is 1. The van der Waals surface area contributed by atoms with Gasteiger partial charge in [0, 0.05) is 29.7 Å². The van der Waals surface area contributed by atoms with Gasteiger partial charge in [0.2, 0.25) is 0 Å². The van der Waals surface area contributed by atoms with Crippen LogP contribution < -0.4 is 10.6 Å². The lowest BCUT2D eigenvalue weighted by Gasteiger charge is -2.04. The number of urea groups is 1. The van der Waals surface area contributed by atoms with E-state index in [0.717, 1.165) is 16.5 Å². The molecule has 86 valence electrons. The minimum absolute atomic E-state index is 0.300. The van der Waals surface area contributed by atoms with Crippen LogP contribution in [0.2, 0.25) is 0 Å². The fourth-order valence-electron chi connectivity index (χ4n) is 2.24. The Morgan fingerprint density at radius 2 is 2.00 bits per heavy atom. The van der Waals surface area contributed by atoms with Crippen molar-refractivity contribution in [3.63, 3.8) is 0 Å². The topological polar surface area (TPSA) is 63.1 Å². The van der Waals surface area contributed by atoms with Gasteiger partial charge in [-0.3, -0.25) is 10.1 Å². The van der Waals surface area contributed by atoms with Crippen molar-refractivity contribution in [1.82, 2.24) is 15.2 Å². The first-order chi connectivity index (χ1) is 8.16. The summed E-state index contributed by atoms with van der Waals surface area (Å²) in [5, 5.41) is 5.84. The van der Waals surface area contributed by atoms with E-state index in [-0.39, 0.29) is 5.91 Å². The number of rotatable bonds is 1. The van der Waals surface area contributed by atoms with Crippen molar-refractivity contribution in [2.45, 2.75) is 6.04 Å². The van der Waals surface area contributed by atoms with E-state index in [1.54, 1.807) is 0 Å². The molecule has 2 aromatic rings. The Morgan fingerprint density at radius 1 is 1.24 bits per heavy atom. The van der Waals surface area contributed by atoms with Crippen molar-refractivity contribution < 1.29 is 9.59 Å². The van der Waals surface area contributed by atoms with Crippen molar-refractivity contribution in [1.29, 1.82) is 0 Å². The first-order valence-corrected chi connectivity index (χ1v) is 5.32. The van der Waals surface area contributed by atoms with Gasteiger partial charge >= 0.3 is 6.03 Å². The molecule has 0 bridgehead atoms. The second-order valence-electron chi connectivity index (χ2n) is 4.11. The van der Waals surface area contributed by atoms with Gasteiger partial charge in [-0.15, -0.1) is 0 Å². The van der Waals surface area contributed by atoms with E-state index in [4.69, 9.17) is 0 Å². The number of carbonyl (C=O) groups is 2. The maximum Gasteiger partial charge on any atom is 0.322 e. The van der Waals surface area contributed by atoms with Crippen molar-refractivity contribution in [3.05, 3.63) is 36.0 Å². The number of aryl methyl sites for hydroxylation is 1. The molecular weight excluding hydrogens is 218 g/mol. The van der Waals surface area contributed by atoms with Gasteiger partial charge in [-0.1, -0.05) is 18.2 Å². The summed E-state index contributed by atoms with van der Waals surface area (Å²) in [7, 11) is 1.92. The summed E-state index contributed by atoms with van der Waals surface area (Å²) >= 11 is 0. The van der Waals surface area contributed by atoms with E-state index in [1.807, 2.05) is 42.1 Å². The Labute approximate surface area is 97.4 Å². The highest BCUT2D eigenvalue weighted by atomic mass is 16.2. The third-order valence-electron chi connectivity index (χ3n) is 3.01. The maximum absolute atomic E-state index is 11.6. The number of imide groups is 1. The smallest absolute Gasteiger partial charge is 0.322 e. The fourth-order valence-corrected chi connectivity index (χ4v) is 2.24. The number of para-hydroxylation sites is 1. The van der Waals surface area contributed by atoms with E-state index in [1.165, 1.54) is 0 Å². The predicted molar refractivity (Wildman–Crippen MR) is 62.3 cm³/mol. The van der Waals surface area contributed by atoms with Gasteiger partial charge < -0.3 is 9.88 Å². The molecule has 3 amide bonds. The van der Waals surface area contributed by atoms with E-state index < -0.39 is 12.1 Å². The molecule has 17 heavy (non-hydrogen) atoms. The SMILES string of the molecule is Cn1cc([C@@H]2NC(=O)NC2=O)c2ccccc21. The lowest BCUT2D eigenvalue weighted by atomic mass is 10.1. The van der Waals surface area contributed by atoms with Gasteiger partial charge in [-0.2, -0.15) is 0 Å². The molecule has 1 aliphatic rings. The quantitative estimate of drug-likeness (QED) is 0.718. The van der Waals surface area contributed by atoms with Crippen LogP contribution in [0.15, 0.2) is 30.5 Å². The van der Waals surface area contributed by atoms with Crippen LogP contribution in [-0.2, 0) is 11.8 Å². The number of aromatic nitrogens is 1. The molecule has 0 radical (unpaired) electrons. The van der Waals surface area contributed by atoms with Crippen LogP contribution in [0.5, 0.6) is 0 Å². The summed E-state index contributed by atoms with van der Waals surface area (Å²) in [6, 6.07) is 6.76. The van der Waals surface area contributed by atoms with Gasteiger partial charge in [0.05, 0.1) is 0 Å². The molecule has 0 unspecified atom stereocenters. The first kappa shape index (κ1) is 9.89. The van der Waals surface area contributed by atoms with Gasteiger partial charge in [-0.05, 0) is 6.07 Å². The molecule has 5 nitrogen and oxygen atoms in total. The first-order valence-electron chi connectivity index (χ1n) is 5.32. The average molecular weight is 229 g/mol. The Kier molecular flexibility index (Phi) is 1.95. The molecular formula is C12H11N3O2. The zero-order chi connectivity index (χ0) is 12.0. The van der Waals surface area contributed by atoms with E-state index in [9.17, 15) is 9.59 Å². The lowest BCUT2D eigenvalue weighted by Crippen LogP contribution is -2.22. The Morgan fingerprint density at radius 3 is 2.71 bits per heavy atom. The summed E-state index contributed by atoms with van der Waals surface area (Å²) in [5.74, 6) is -0.300. The average Bonchev–Trinajstić information content (AvgIpc) is 2.80. The number of carbonyl (C=O) groups excluding carboxylic acids is 2. The predicted octanol–water partition coefficient (Wildman–Crippen LogP) is 1.06. The van der Waals surface area contributed by atoms with E-state index in [2.05, 4.69) is 10.6 Å². The van der Waals surface area contributed by atoms with Crippen LogP contribution >= 0.6 is 0 Å². The number of benzene rings is 1. The molecule has 1 aromatic heterocycles. The van der Waals surface area contributed by atoms with Crippen molar-refractivity contribution in [2.24, 2.45) is 7.05 Å².